The van der Waals surface area contributed by atoms with E-state index in [9.17, 15) is 4.79 Å². The number of hydrogen-bond acceptors (Lipinski definition) is 3. The highest BCUT2D eigenvalue weighted by molar-refractivity contribution is 5.90. The van der Waals surface area contributed by atoms with E-state index in [1.165, 1.54) is 0 Å². The second-order valence-electron chi connectivity index (χ2n) is 2.34. The summed E-state index contributed by atoms with van der Waals surface area (Å²) in [5, 5.41) is 3.77. The van der Waals surface area contributed by atoms with Crippen molar-refractivity contribution in [2.75, 3.05) is 6.61 Å². The molecule has 1 fully saturated rings. The van der Waals surface area contributed by atoms with E-state index in [-0.39, 0.29) is 6.10 Å². The number of rotatable bonds is 1. The summed E-state index contributed by atoms with van der Waals surface area (Å²) in [4.78, 5) is 10.2. The van der Waals surface area contributed by atoms with Crippen LogP contribution in [0.3, 0.4) is 0 Å². The standard InChI is InChI=1S/C6H11N3O2/c1-4-5(2-3-11-4)8-9-6(7)10/h4H,2-3H2,1H3,(H3,7,9,10). The number of urea groups is 1. The molecule has 1 saturated heterocycles. The largest absolute Gasteiger partial charge is 0.372 e. The Kier molecular flexibility index (Phi) is 2.43. The Morgan fingerprint density at radius 2 is 2.64 bits per heavy atom. The molecule has 0 aliphatic carbocycles. The van der Waals surface area contributed by atoms with Gasteiger partial charge in [-0.05, 0) is 6.92 Å². The lowest BCUT2D eigenvalue weighted by molar-refractivity contribution is 0.145. The van der Waals surface area contributed by atoms with Crippen LogP contribution in [0.25, 0.3) is 0 Å². The monoisotopic (exact) mass is 157 g/mol. The maximum atomic E-state index is 10.2. The van der Waals surface area contributed by atoms with E-state index >= 15 is 0 Å². The maximum Gasteiger partial charge on any atom is 0.332 e. The number of hydrogen-bond donors (Lipinski definition) is 2. The number of carbonyl (C=O) groups excluding carboxylic acids is 1. The van der Waals surface area contributed by atoms with Gasteiger partial charge in [0.25, 0.3) is 0 Å². The van der Waals surface area contributed by atoms with E-state index in [1.54, 1.807) is 0 Å². The van der Waals surface area contributed by atoms with Gasteiger partial charge in [0.1, 0.15) is 0 Å². The van der Waals surface area contributed by atoms with Crippen LogP contribution in [0.2, 0.25) is 0 Å². The number of nitrogens with one attached hydrogen (secondary N) is 1. The van der Waals surface area contributed by atoms with Gasteiger partial charge in [0.05, 0.1) is 18.4 Å². The fourth-order valence-electron chi connectivity index (χ4n) is 0.913. The summed E-state index contributed by atoms with van der Waals surface area (Å²) in [5.74, 6) is 0. The molecule has 0 aromatic rings. The molecule has 0 spiro atoms. The second-order valence-corrected chi connectivity index (χ2v) is 2.34. The fourth-order valence-corrected chi connectivity index (χ4v) is 0.913. The average molecular weight is 157 g/mol. The lowest BCUT2D eigenvalue weighted by Gasteiger charge is -2.01. The molecule has 1 heterocycles. The van der Waals surface area contributed by atoms with Crippen molar-refractivity contribution in [1.82, 2.24) is 5.43 Å². The molecule has 0 radical (unpaired) electrons. The zero-order valence-electron chi connectivity index (χ0n) is 6.33. The summed E-state index contributed by atoms with van der Waals surface area (Å²) in [6, 6.07) is -0.642. The topological polar surface area (TPSA) is 76.7 Å². The van der Waals surface area contributed by atoms with Crippen LogP contribution in [0.1, 0.15) is 13.3 Å². The van der Waals surface area contributed by atoms with Crippen LogP contribution in [-0.2, 0) is 4.74 Å². The highest BCUT2D eigenvalue weighted by Gasteiger charge is 2.18. The molecule has 0 saturated carbocycles. The highest BCUT2D eigenvalue weighted by atomic mass is 16.5. The Morgan fingerprint density at radius 1 is 1.91 bits per heavy atom. The minimum atomic E-state index is -0.642. The minimum Gasteiger partial charge on any atom is -0.372 e. The fraction of sp³-hybridized carbons (Fsp3) is 0.667. The molecule has 1 aliphatic rings. The van der Waals surface area contributed by atoms with Gasteiger partial charge in [0, 0.05) is 6.42 Å². The summed E-state index contributed by atoms with van der Waals surface area (Å²) in [6.45, 7) is 2.55. The molecule has 0 aromatic heterocycles. The Bertz CT molecular complexity index is 190. The van der Waals surface area contributed by atoms with Crippen LogP contribution in [0.4, 0.5) is 4.79 Å². The first-order valence-corrected chi connectivity index (χ1v) is 3.43. The van der Waals surface area contributed by atoms with Crippen LogP contribution in [0, 0.1) is 0 Å². The van der Waals surface area contributed by atoms with Gasteiger partial charge in [-0.15, -0.1) is 0 Å². The van der Waals surface area contributed by atoms with Gasteiger partial charge in [-0.25, -0.2) is 10.2 Å². The lowest BCUT2D eigenvalue weighted by Crippen LogP contribution is -2.27. The van der Waals surface area contributed by atoms with E-state index in [0.717, 1.165) is 12.1 Å². The van der Waals surface area contributed by atoms with Gasteiger partial charge in [-0.3, -0.25) is 0 Å². The summed E-state index contributed by atoms with van der Waals surface area (Å²) >= 11 is 0. The second kappa shape index (κ2) is 3.34. The van der Waals surface area contributed by atoms with Crippen LogP contribution >= 0.6 is 0 Å². The highest BCUT2D eigenvalue weighted by Crippen LogP contribution is 2.07. The average Bonchev–Trinajstić information content (AvgIpc) is 2.31. The molecule has 1 unspecified atom stereocenters. The van der Waals surface area contributed by atoms with E-state index in [4.69, 9.17) is 10.5 Å². The first kappa shape index (κ1) is 8.00. The van der Waals surface area contributed by atoms with Gasteiger partial charge in [-0.2, -0.15) is 5.10 Å². The molecule has 1 atom stereocenters. The van der Waals surface area contributed by atoms with Crippen molar-refractivity contribution in [3.63, 3.8) is 0 Å². The molecular formula is C6H11N3O2. The van der Waals surface area contributed by atoms with E-state index in [1.807, 2.05) is 6.92 Å². The van der Waals surface area contributed by atoms with Crippen LogP contribution < -0.4 is 11.2 Å². The first-order chi connectivity index (χ1) is 5.20. The number of ether oxygens (including phenoxy) is 1. The van der Waals surface area contributed by atoms with E-state index in [2.05, 4.69) is 10.5 Å². The zero-order valence-corrected chi connectivity index (χ0v) is 6.33. The third-order valence-electron chi connectivity index (χ3n) is 1.51. The van der Waals surface area contributed by atoms with Crippen molar-refractivity contribution in [3.8, 4) is 0 Å². The Hall–Kier alpha value is -1.10. The predicted molar refractivity (Wildman–Crippen MR) is 40.2 cm³/mol. The number of carbonyl (C=O) groups is 1. The van der Waals surface area contributed by atoms with Crippen molar-refractivity contribution >= 4 is 11.7 Å². The molecule has 3 N–H and O–H groups in total. The zero-order chi connectivity index (χ0) is 8.27. The third-order valence-corrected chi connectivity index (χ3v) is 1.51. The number of nitrogens with zero attached hydrogens (tertiary/aromatic N) is 1. The van der Waals surface area contributed by atoms with Crippen molar-refractivity contribution in [1.29, 1.82) is 0 Å². The molecule has 5 heteroatoms. The molecule has 62 valence electrons. The van der Waals surface area contributed by atoms with Gasteiger partial charge < -0.3 is 10.5 Å². The van der Waals surface area contributed by atoms with Gasteiger partial charge in [-0.1, -0.05) is 0 Å². The molecule has 11 heavy (non-hydrogen) atoms. The lowest BCUT2D eigenvalue weighted by atomic mass is 10.2. The van der Waals surface area contributed by atoms with E-state index in [0.29, 0.717) is 6.61 Å². The number of nitrogens with two attached hydrogens (primary N) is 1. The Balaban J connectivity index is 2.45. The Morgan fingerprint density at radius 3 is 3.09 bits per heavy atom. The van der Waals surface area contributed by atoms with Crippen molar-refractivity contribution < 1.29 is 9.53 Å². The minimum absolute atomic E-state index is 0.00171. The molecule has 0 aromatic carbocycles. The van der Waals surface area contributed by atoms with Crippen molar-refractivity contribution in [3.05, 3.63) is 0 Å². The first-order valence-electron chi connectivity index (χ1n) is 3.43. The van der Waals surface area contributed by atoms with Crippen molar-refractivity contribution in [2.45, 2.75) is 19.4 Å². The molecule has 0 bridgehead atoms. The summed E-state index contributed by atoms with van der Waals surface area (Å²) < 4.78 is 5.17. The molecular weight excluding hydrogens is 146 g/mol. The predicted octanol–water partition coefficient (Wildman–Crippen LogP) is -0.180. The Labute approximate surface area is 64.6 Å². The number of hydrazone groups is 1. The van der Waals surface area contributed by atoms with Gasteiger partial charge >= 0.3 is 6.03 Å². The maximum absolute atomic E-state index is 10.2. The van der Waals surface area contributed by atoms with Crippen LogP contribution in [0.5, 0.6) is 0 Å². The van der Waals surface area contributed by atoms with Gasteiger partial charge in [0.15, 0.2) is 0 Å². The quantitative estimate of drug-likeness (QED) is 0.518. The van der Waals surface area contributed by atoms with Gasteiger partial charge in [0.2, 0.25) is 0 Å². The molecule has 1 aliphatic heterocycles. The normalized spacial score (nSPS) is 27.4. The smallest absolute Gasteiger partial charge is 0.332 e. The van der Waals surface area contributed by atoms with Crippen molar-refractivity contribution in [2.24, 2.45) is 10.8 Å². The third kappa shape index (κ3) is 2.19. The molecule has 2 amide bonds. The molecule has 1 rings (SSSR count). The summed E-state index contributed by atoms with van der Waals surface area (Å²) in [7, 11) is 0. The SMILES string of the molecule is CC1OCCC1=NNC(N)=O. The summed E-state index contributed by atoms with van der Waals surface area (Å²) in [5.41, 5.74) is 7.82. The summed E-state index contributed by atoms with van der Waals surface area (Å²) in [6.07, 6.45) is 0.767. The van der Waals surface area contributed by atoms with Crippen LogP contribution in [0.15, 0.2) is 5.10 Å². The molecule has 5 nitrogen and oxygen atoms in total. The number of primary amides is 1. The number of amides is 2. The van der Waals surface area contributed by atoms with E-state index < -0.39 is 6.03 Å². The van der Waals surface area contributed by atoms with Crippen LogP contribution in [-0.4, -0.2) is 24.5 Å².